The van der Waals surface area contributed by atoms with Gasteiger partial charge in [0.05, 0.1) is 21.7 Å². The van der Waals surface area contributed by atoms with E-state index in [1.54, 1.807) is 20.8 Å². The van der Waals surface area contributed by atoms with Gasteiger partial charge in [-0.3, -0.25) is 9.79 Å². The number of esters is 2. The topological polar surface area (TPSA) is 65.0 Å². The highest BCUT2D eigenvalue weighted by Gasteiger charge is 2.46. The number of rotatable bonds is 3. The fourth-order valence-electron chi connectivity index (χ4n) is 2.97. The number of aliphatic imine (C=N–C) groups is 1. The average Bonchev–Trinajstić information content (AvgIpc) is 3.03. The first-order valence-corrected chi connectivity index (χ1v) is 8.54. The second-order valence-electron chi connectivity index (χ2n) is 5.78. The lowest BCUT2D eigenvalue weighted by Crippen LogP contribution is -2.36. The Bertz CT molecular complexity index is 734. The quantitative estimate of drug-likeness (QED) is 0.782. The molecule has 2 unspecified atom stereocenters. The van der Waals surface area contributed by atoms with Gasteiger partial charge < -0.3 is 9.47 Å². The molecule has 0 aliphatic carbocycles. The second-order valence-corrected chi connectivity index (χ2v) is 7.30. The molecule has 2 aliphatic heterocycles. The van der Waals surface area contributed by atoms with E-state index in [9.17, 15) is 9.59 Å². The third kappa shape index (κ3) is 2.81. The van der Waals surface area contributed by atoms with Gasteiger partial charge in [0.1, 0.15) is 12.5 Å². The van der Waals surface area contributed by atoms with Crippen LogP contribution in [0.3, 0.4) is 0 Å². The maximum atomic E-state index is 12.6. The first-order valence-electron chi connectivity index (χ1n) is 7.29. The van der Waals surface area contributed by atoms with Crippen LogP contribution in [0.5, 0.6) is 0 Å². The minimum atomic E-state index is -0.672. The van der Waals surface area contributed by atoms with Crippen LogP contribution in [0.4, 0.5) is 0 Å². The maximum absolute atomic E-state index is 12.6. The molecule has 0 saturated carbocycles. The molecule has 3 rings (SSSR count). The van der Waals surface area contributed by atoms with Gasteiger partial charge in [-0.05, 0) is 37.8 Å². The molecule has 122 valence electrons. The summed E-state index contributed by atoms with van der Waals surface area (Å²) in [6.07, 6.45) is -0.250. The Kier molecular flexibility index (Phi) is 4.29. The van der Waals surface area contributed by atoms with Crippen LogP contribution in [0.15, 0.2) is 27.7 Å². The Labute approximate surface area is 142 Å². The Morgan fingerprint density at radius 1 is 1.52 bits per heavy atom. The van der Waals surface area contributed by atoms with Gasteiger partial charge in [0.25, 0.3) is 0 Å². The van der Waals surface area contributed by atoms with Crippen molar-refractivity contribution in [1.29, 1.82) is 0 Å². The van der Waals surface area contributed by atoms with E-state index in [0.717, 1.165) is 5.56 Å². The summed E-state index contributed by atoms with van der Waals surface area (Å²) in [5.41, 5.74) is 2.35. The van der Waals surface area contributed by atoms with E-state index in [1.165, 1.54) is 11.3 Å². The Morgan fingerprint density at radius 2 is 2.26 bits per heavy atom. The van der Waals surface area contributed by atoms with Gasteiger partial charge in [-0.1, -0.05) is 11.6 Å². The van der Waals surface area contributed by atoms with E-state index >= 15 is 0 Å². The Balaban J connectivity index is 2.11. The van der Waals surface area contributed by atoms with Gasteiger partial charge in [0.15, 0.2) is 0 Å². The second kappa shape index (κ2) is 6.09. The summed E-state index contributed by atoms with van der Waals surface area (Å²) in [6, 6.07) is 1.84. The number of ether oxygens (including phenoxy) is 2. The third-order valence-corrected chi connectivity index (χ3v) is 5.06. The zero-order valence-corrected chi connectivity index (χ0v) is 14.5. The summed E-state index contributed by atoms with van der Waals surface area (Å²) in [4.78, 5) is 29.2. The molecule has 0 aromatic carbocycles. The molecule has 3 heterocycles. The highest BCUT2D eigenvalue weighted by Crippen LogP contribution is 2.45. The van der Waals surface area contributed by atoms with Gasteiger partial charge in [-0.2, -0.15) is 0 Å². The van der Waals surface area contributed by atoms with Crippen LogP contribution in [0.2, 0.25) is 4.34 Å². The van der Waals surface area contributed by atoms with Gasteiger partial charge in [0.2, 0.25) is 0 Å². The smallest absolute Gasteiger partial charge is 0.337 e. The molecule has 2 atom stereocenters. The van der Waals surface area contributed by atoms with Crippen LogP contribution < -0.4 is 0 Å². The number of carbonyl (C=O) groups is 2. The SMILES string of the molecule is CC1=NC2=C(C(=O)OC2)C(c2ccsc2Cl)C1C(=O)OC(C)C. The fraction of sp³-hybridized carbons (Fsp3) is 0.438. The molecule has 2 aliphatic rings. The van der Waals surface area contributed by atoms with Gasteiger partial charge in [-0.25, -0.2) is 4.79 Å². The van der Waals surface area contributed by atoms with Gasteiger partial charge in [0, 0.05) is 11.6 Å². The molecular formula is C16H16ClNO4S. The molecular weight excluding hydrogens is 338 g/mol. The van der Waals surface area contributed by atoms with Gasteiger partial charge in [-0.15, -0.1) is 11.3 Å². The third-order valence-electron chi connectivity index (χ3n) is 3.86. The minimum Gasteiger partial charge on any atom is -0.462 e. The maximum Gasteiger partial charge on any atom is 0.337 e. The molecule has 0 fully saturated rings. The normalized spacial score (nSPS) is 23.7. The summed E-state index contributed by atoms with van der Waals surface area (Å²) < 4.78 is 11.0. The number of cyclic esters (lactones) is 1. The zero-order valence-electron chi connectivity index (χ0n) is 13.0. The number of halogens is 1. The summed E-state index contributed by atoms with van der Waals surface area (Å²) in [5.74, 6) is -2.03. The van der Waals surface area contributed by atoms with Gasteiger partial charge >= 0.3 is 11.9 Å². The van der Waals surface area contributed by atoms with Crippen LogP contribution >= 0.6 is 22.9 Å². The Hall–Kier alpha value is -1.66. The molecule has 0 amide bonds. The van der Waals surface area contributed by atoms with Crippen molar-refractivity contribution in [2.45, 2.75) is 32.8 Å². The Morgan fingerprint density at radius 3 is 2.87 bits per heavy atom. The summed E-state index contributed by atoms with van der Waals surface area (Å²) >= 11 is 7.65. The van der Waals surface area contributed by atoms with Crippen LogP contribution in [-0.4, -0.2) is 30.4 Å². The van der Waals surface area contributed by atoms with Crippen molar-refractivity contribution in [2.24, 2.45) is 10.9 Å². The number of hydrogen-bond acceptors (Lipinski definition) is 6. The first kappa shape index (κ1) is 16.2. The molecule has 7 heteroatoms. The monoisotopic (exact) mass is 353 g/mol. The summed E-state index contributed by atoms with van der Waals surface area (Å²) in [6.45, 7) is 5.48. The zero-order chi connectivity index (χ0) is 16.7. The lowest BCUT2D eigenvalue weighted by atomic mass is 9.77. The van der Waals surface area contributed by atoms with E-state index in [1.807, 2.05) is 11.4 Å². The van der Waals surface area contributed by atoms with Crippen molar-refractivity contribution < 1.29 is 19.1 Å². The lowest BCUT2D eigenvalue weighted by molar-refractivity contribution is -0.150. The molecule has 0 radical (unpaired) electrons. The van der Waals surface area contributed by atoms with E-state index in [-0.39, 0.29) is 12.7 Å². The van der Waals surface area contributed by atoms with E-state index in [4.69, 9.17) is 21.1 Å². The lowest BCUT2D eigenvalue weighted by Gasteiger charge is -2.29. The number of nitrogens with zero attached hydrogens (tertiary/aromatic N) is 1. The summed E-state index contributed by atoms with van der Waals surface area (Å²) in [5, 5.41) is 1.84. The highest BCUT2D eigenvalue weighted by molar-refractivity contribution is 7.14. The molecule has 0 bridgehead atoms. The van der Waals surface area contributed by atoms with Crippen LogP contribution in [0.1, 0.15) is 32.3 Å². The number of carbonyl (C=O) groups excluding carboxylic acids is 2. The highest BCUT2D eigenvalue weighted by atomic mass is 35.5. The molecule has 1 aromatic heterocycles. The van der Waals surface area contributed by atoms with Crippen molar-refractivity contribution in [2.75, 3.05) is 6.61 Å². The average molecular weight is 354 g/mol. The molecule has 23 heavy (non-hydrogen) atoms. The molecule has 0 spiro atoms. The predicted molar refractivity (Wildman–Crippen MR) is 87.9 cm³/mol. The predicted octanol–water partition coefficient (Wildman–Crippen LogP) is 3.34. The van der Waals surface area contributed by atoms with E-state index in [2.05, 4.69) is 4.99 Å². The van der Waals surface area contributed by atoms with Crippen LogP contribution in [0, 0.1) is 5.92 Å². The fourth-order valence-corrected chi connectivity index (χ4v) is 3.97. The van der Waals surface area contributed by atoms with Crippen molar-refractivity contribution >= 4 is 40.6 Å². The van der Waals surface area contributed by atoms with Crippen LogP contribution in [-0.2, 0) is 19.1 Å². The van der Waals surface area contributed by atoms with Crippen molar-refractivity contribution in [3.63, 3.8) is 0 Å². The van der Waals surface area contributed by atoms with E-state index < -0.39 is 23.8 Å². The van der Waals surface area contributed by atoms with Crippen molar-refractivity contribution in [3.05, 3.63) is 32.6 Å². The van der Waals surface area contributed by atoms with Crippen molar-refractivity contribution in [3.8, 4) is 0 Å². The molecule has 1 aromatic rings. The standard InChI is InChI=1S/C16H16ClNO4S/c1-7(2)22-16(20)11-8(3)18-10-6-21-15(19)13(10)12(11)9-4-5-23-14(9)17/h4-5,7,11-12H,6H2,1-3H3. The van der Waals surface area contributed by atoms with Crippen molar-refractivity contribution in [1.82, 2.24) is 0 Å². The molecule has 0 N–H and O–H groups in total. The number of hydrogen-bond donors (Lipinski definition) is 0. The molecule has 5 nitrogen and oxygen atoms in total. The first-order chi connectivity index (χ1) is 10.9. The molecule has 0 saturated heterocycles. The minimum absolute atomic E-state index is 0.135. The van der Waals surface area contributed by atoms with Crippen LogP contribution in [0.25, 0.3) is 0 Å². The number of thiophene rings is 1. The summed E-state index contributed by atoms with van der Waals surface area (Å²) in [7, 11) is 0. The van der Waals surface area contributed by atoms with E-state index in [0.29, 0.717) is 21.3 Å². The largest absolute Gasteiger partial charge is 0.462 e.